The van der Waals surface area contributed by atoms with Crippen molar-refractivity contribution in [1.29, 1.82) is 0 Å². The zero-order valence-electron chi connectivity index (χ0n) is 5.98. The lowest BCUT2D eigenvalue weighted by Crippen LogP contribution is -2.56. The van der Waals surface area contributed by atoms with Gasteiger partial charge in [0.05, 0.1) is 5.92 Å². The van der Waals surface area contributed by atoms with Crippen molar-refractivity contribution in [2.45, 2.75) is 32.7 Å². The zero-order valence-corrected chi connectivity index (χ0v) is 5.98. The second-order valence-electron chi connectivity index (χ2n) is 2.69. The van der Waals surface area contributed by atoms with E-state index < -0.39 is 0 Å². The molecule has 52 valence electrons. The van der Waals surface area contributed by atoms with Gasteiger partial charge < -0.3 is 5.32 Å². The molecule has 2 nitrogen and oxygen atoms in total. The summed E-state index contributed by atoms with van der Waals surface area (Å²) < 4.78 is 0. The minimum Gasteiger partial charge on any atom is -0.353 e. The molecule has 1 fully saturated rings. The summed E-state index contributed by atoms with van der Waals surface area (Å²) >= 11 is 0. The van der Waals surface area contributed by atoms with Crippen molar-refractivity contribution < 1.29 is 4.79 Å². The molecule has 9 heavy (non-hydrogen) atoms. The average Bonchev–Trinajstić information content (AvgIpc) is 1.84. The number of hydrogen-bond acceptors (Lipinski definition) is 1. The Balaban J connectivity index is 2.30. The van der Waals surface area contributed by atoms with E-state index in [2.05, 4.69) is 19.2 Å². The molecular formula is C7H13NO. The molecule has 0 saturated carbocycles. The second-order valence-corrected chi connectivity index (χ2v) is 2.69. The van der Waals surface area contributed by atoms with Crippen LogP contribution in [0.4, 0.5) is 0 Å². The van der Waals surface area contributed by atoms with Gasteiger partial charge >= 0.3 is 0 Å². The highest BCUT2D eigenvalue weighted by Crippen LogP contribution is 2.19. The molecule has 2 heteroatoms. The Morgan fingerprint density at radius 2 is 2.33 bits per heavy atom. The number of carbonyl (C=O) groups is 1. The molecule has 1 aliphatic heterocycles. The third-order valence-corrected chi connectivity index (χ3v) is 1.91. The van der Waals surface area contributed by atoms with Gasteiger partial charge in [-0.25, -0.2) is 0 Å². The average molecular weight is 127 g/mol. The number of carbonyl (C=O) groups excluding carboxylic acids is 1. The molecule has 1 heterocycles. The Morgan fingerprint density at radius 1 is 1.67 bits per heavy atom. The Bertz CT molecular complexity index is 122. The van der Waals surface area contributed by atoms with Gasteiger partial charge in [-0.15, -0.1) is 0 Å². The van der Waals surface area contributed by atoms with E-state index in [1.165, 1.54) is 0 Å². The van der Waals surface area contributed by atoms with E-state index in [0.29, 0.717) is 12.0 Å². The molecule has 0 radical (unpaired) electrons. The van der Waals surface area contributed by atoms with Crippen molar-refractivity contribution in [2.75, 3.05) is 0 Å². The molecule has 0 spiro atoms. The van der Waals surface area contributed by atoms with Crippen molar-refractivity contribution in [2.24, 2.45) is 5.92 Å². The van der Waals surface area contributed by atoms with Gasteiger partial charge in [0.1, 0.15) is 0 Å². The predicted octanol–water partition coefficient (Wildman–Crippen LogP) is 0.921. The third kappa shape index (κ3) is 1.07. The fraction of sp³-hybridized carbons (Fsp3) is 0.857. The summed E-state index contributed by atoms with van der Waals surface area (Å²) in [5, 5.41) is 2.80. The lowest BCUT2D eigenvalue weighted by molar-refractivity contribution is -0.134. The Morgan fingerprint density at radius 3 is 2.56 bits per heavy atom. The van der Waals surface area contributed by atoms with Crippen LogP contribution >= 0.6 is 0 Å². The van der Waals surface area contributed by atoms with E-state index in [-0.39, 0.29) is 5.91 Å². The summed E-state index contributed by atoms with van der Waals surface area (Å²) in [6.07, 6.45) is 2.16. The molecule has 1 N–H and O–H groups in total. The van der Waals surface area contributed by atoms with Crippen LogP contribution < -0.4 is 5.32 Å². The summed E-state index contributed by atoms with van der Waals surface area (Å²) in [5.41, 5.74) is 0. The molecule has 1 amide bonds. The Kier molecular flexibility index (Phi) is 1.74. The van der Waals surface area contributed by atoms with Gasteiger partial charge in [0.25, 0.3) is 0 Å². The molecule has 0 aromatic heterocycles. The number of amides is 1. The topological polar surface area (TPSA) is 29.1 Å². The van der Waals surface area contributed by atoms with Gasteiger partial charge in [0.2, 0.25) is 5.91 Å². The number of β-lactam (4-membered cyclic amide) rings is 1. The third-order valence-electron chi connectivity index (χ3n) is 1.91. The molecule has 1 rings (SSSR count). The molecule has 0 bridgehead atoms. The van der Waals surface area contributed by atoms with E-state index >= 15 is 0 Å². The smallest absolute Gasteiger partial charge is 0.225 e. The SMILES string of the molecule is CCC[C@@H]1C(=O)N[C@H]1C. The molecule has 0 aliphatic carbocycles. The Hall–Kier alpha value is -0.530. The van der Waals surface area contributed by atoms with Crippen LogP contribution in [0.25, 0.3) is 0 Å². The first kappa shape index (κ1) is 6.59. The minimum atomic E-state index is 0.240. The summed E-state index contributed by atoms with van der Waals surface area (Å²) in [6, 6.07) is 0.428. The second kappa shape index (κ2) is 2.38. The number of hydrogen-bond donors (Lipinski definition) is 1. The van der Waals surface area contributed by atoms with Gasteiger partial charge in [0, 0.05) is 6.04 Å². The highest BCUT2D eigenvalue weighted by atomic mass is 16.2. The highest BCUT2D eigenvalue weighted by Gasteiger charge is 2.34. The first-order valence-corrected chi connectivity index (χ1v) is 3.56. The molecule has 0 unspecified atom stereocenters. The molecule has 0 aromatic rings. The van der Waals surface area contributed by atoms with E-state index in [0.717, 1.165) is 12.8 Å². The van der Waals surface area contributed by atoms with Crippen LogP contribution in [-0.2, 0) is 4.79 Å². The Labute approximate surface area is 55.6 Å². The molecule has 1 aliphatic rings. The van der Waals surface area contributed by atoms with Crippen LogP contribution in [0.15, 0.2) is 0 Å². The maximum atomic E-state index is 10.7. The standard InChI is InChI=1S/C7H13NO/c1-3-4-6-5(2)8-7(6)9/h5-6H,3-4H2,1-2H3,(H,8,9)/t5-,6-/m0/s1. The van der Waals surface area contributed by atoms with Gasteiger partial charge in [-0.05, 0) is 13.3 Å². The van der Waals surface area contributed by atoms with E-state index in [1.807, 2.05) is 0 Å². The van der Waals surface area contributed by atoms with Crippen molar-refractivity contribution in [3.8, 4) is 0 Å². The predicted molar refractivity (Wildman–Crippen MR) is 36.0 cm³/mol. The van der Waals surface area contributed by atoms with Crippen LogP contribution in [0.1, 0.15) is 26.7 Å². The molecular weight excluding hydrogens is 114 g/mol. The maximum absolute atomic E-state index is 10.7. The van der Waals surface area contributed by atoms with Gasteiger partial charge in [-0.2, -0.15) is 0 Å². The zero-order chi connectivity index (χ0) is 6.85. The summed E-state index contributed by atoms with van der Waals surface area (Å²) in [5.74, 6) is 0.555. The van der Waals surface area contributed by atoms with Crippen LogP contribution in [0.3, 0.4) is 0 Å². The van der Waals surface area contributed by atoms with Crippen molar-refractivity contribution >= 4 is 5.91 Å². The number of rotatable bonds is 2. The highest BCUT2D eigenvalue weighted by molar-refractivity contribution is 5.85. The molecule has 0 aromatic carbocycles. The van der Waals surface area contributed by atoms with Crippen molar-refractivity contribution in [3.05, 3.63) is 0 Å². The normalized spacial score (nSPS) is 33.3. The van der Waals surface area contributed by atoms with E-state index in [4.69, 9.17) is 0 Å². The molecule has 1 saturated heterocycles. The largest absolute Gasteiger partial charge is 0.353 e. The summed E-state index contributed by atoms with van der Waals surface area (Å²) in [4.78, 5) is 10.7. The fourth-order valence-electron chi connectivity index (χ4n) is 1.25. The first-order valence-electron chi connectivity index (χ1n) is 3.56. The van der Waals surface area contributed by atoms with Crippen LogP contribution in [-0.4, -0.2) is 11.9 Å². The van der Waals surface area contributed by atoms with Crippen LogP contribution in [0, 0.1) is 5.92 Å². The van der Waals surface area contributed by atoms with Gasteiger partial charge in [-0.3, -0.25) is 4.79 Å². The van der Waals surface area contributed by atoms with Crippen molar-refractivity contribution in [3.63, 3.8) is 0 Å². The maximum Gasteiger partial charge on any atom is 0.225 e. The lowest BCUT2D eigenvalue weighted by atomic mass is 9.88. The van der Waals surface area contributed by atoms with Crippen LogP contribution in [0.5, 0.6) is 0 Å². The number of nitrogens with one attached hydrogen (secondary N) is 1. The summed E-state index contributed by atoms with van der Waals surface area (Å²) in [7, 11) is 0. The molecule has 2 atom stereocenters. The van der Waals surface area contributed by atoms with E-state index in [1.54, 1.807) is 0 Å². The summed E-state index contributed by atoms with van der Waals surface area (Å²) in [6.45, 7) is 4.17. The quantitative estimate of drug-likeness (QED) is 0.549. The van der Waals surface area contributed by atoms with Gasteiger partial charge in [0.15, 0.2) is 0 Å². The van der Waals surface area contributed by atoms with E-state index in [9.17, 15) is 4.79 Å². The minimum absolute atomic E-state index is 0.240. The lowest BCUT2D eigenvalue weighted by Gasteiger charge is -2.33. The van der Waals surface area contributed by atoms with Crippen LogP contribution in [0.2, 0.25) is 0 Å². The van der Waals surface area contributed by atoms with Gasteiger partial charge in [-0.1, -0.05) is 13.3 Å². The monoisotopic (exact) mass is 127 g/mol. The fourth-order valence-corrected chi connectivity index (χ4v) is 1.25. The first-order chi connectivity index (χ1) is 4.25. The van der Waals surface area contributed by atoms with Crippen molar-refractivity contribution in [1.82, 2.24) is 5.32 Å².